The Morgan fingerprint density at radius 3 is 2.71 bits per heavy atom. The minimum absolute atomic E-state index is 0.255. The molecule has 0 bridgehead atoms. The monoisotopic (exact) mass is 335 g/mol. The predicted octanol–water partition coefficient (Wildman–Crippen LogP) is 0.572. The van der Waals surface area contributed by atoms with Gasteiger partial charge in [0.2, 0.25) is 5.91 Å². The summed E-state index contributed by atoms with van der Waals surface area (Å²) in [5, 5.41) is 2.68. The Morgan fingerprint density at radius 2 is 2.04 bits per heavy atom. The molecule has 0 radical (unpaired) electrons. The SMILES string of the molecule is COc1ccc(F)cc1[C@@H](C)NC(=O)Cn1ccc(=O)n(C)c1=O. The maximum absolute atomic E-state index is 13.4. The van der Waals surface area contributed by atoms with Gasteiger partial charge in [0, 0.05) is 24.9 Å². The number of hydrogen-bond acceptors (Lipinski definition) is 4. The van der Waals surface area contributed by atoms with Crippen LogP contribution in [0.3, 0.4) is 0 Å². The van der Waals surface area contributed by atoms with Gasteiger partial charge in [0.25, 0.3) is 5.56 Å². The molecule has 0 saturated heterocycles. The second kappa shape index (κ2) is 7.12. The molecule has 8 heteroatoms. The van der Waals surface area contributed by atoms with E-state index in [1.807, 2.05) is 0 Å². The standard InChI is InChI=1S/C16H18FN3O4/c1-10(12-8-11(17)4-5-13(12)24-3)18-14(21)9-20-7-6-15(22)19(2)16(20)23/h4-8,10H,9H2,1-3H3,(H,18,21)/t10-/m1/s1. The van der Waals surface area contributed by atoms with Crippen molar-refractivity contribution in [2.45, 2.75) is 19.5 Å². The molecule has 128 valence electrons. The highest BCUT2D eigenvalue weighted by atomic mass is 19.1. The van der Waals surface area contributed by atoms with Crippen molar-refractivity contribution in [1.29, 1.82) is 0 Å². The molecule has 2 aromatic rings. The number of aromatic nitrogens is 2. The van der Waals surface area contributed by atoms with Gasteiger partial charge in [-0.1, -0.05) is 0 Å². The Bertz CT molecular complexity index is 872. The second-order valence-corrected chi connectivity index (χ2v) is 5.30. The molecule has 2 rings (SSSR count). The maximum atomic E-state index is 13.4. The van der Waals surface area contributed by atoms with Gasteiger partial charge >= 0.3 is 5.69 Å². The van der Waals surface area contributed by atoms with Crippen LogP contribution < -0.4 is 21.3 Å². The first-order valence-electron chi connectivity index (χ1n) is 7.22. The molecule has 7 nitrogen and oxygen atoms in total. The smallest absolute Gasteiger partial charge is 0.331 e. The lowest BCUT2D eigenvalue weighted by Gasteiger charge is -2.18. The highest BCUT2D eigenvalue weighted by Crippen LogP contribution is 2.25. The molecular weight excluding hydrogens is 317 g/mol. The first kappa shape index (κ1) is 17.5. The van der Waals surface area contributed by atoms with Crippen molar-refractivity contribution < 1.29 is 13.9 Å². The number of carbonyl (C=O) groups excluding carboxylic acids is 1. The van der Waals surface area contributed by atoms with E-state index in [-0.39, 0.29) is 6.54 Å². The van der Waals surface area contributed by atoms with Gasteiger partial charge in [0.1, 0.15) is 18.1 Å². The van der Waals surface area contributed by atoms with Gasteiger partial charge in [-0.15, -0.1) is 0 Å². The molecule has 0 aliphatic rings. The number of nitrogens with zero attached hydrogens (tertiary/aromatic N) is 2. The van der Waals surface area contributed by atoms with Crippen LogP contribution >= 0.6 is 0 Å². The summed E-state index contributed by atoms with van der Waals surface area (Å²) in [6.45, 7) is 1.42. The van der Waals surface area contributed by atoms with Gasteiger partial charge in [-0.3, -0.25) is 18.7 Å². The van der Waals surface area contributed by atoms with Crippen molar-refractivity contribution in [3.05, 3.63) is 62.7 Å². The average molecular weight is 335 g/mol. The number of ether oxygens (including phenoxy) is 1. The summed E-state index contributed by atoms with van der Waals surface area (Å²) in [5.41, 5.74) is -0.554. The van der Waals surface area contributed by atoms with Gasteiger partial charge < -0.3 is 10.1 Å². The summed E-state index contributed by atoms with van der Waals surface area (Å²) < 4.78 is 20.6. The van der Waals surface area contributed by atoms with Crippen LogP contribution in [0.4, 0.5) is 4.39 Å². The lowest BCUT2D eigenvalue weighted by molar-refractivity contribution is -0.122. The van der Waals surface area contributed by atoms with Gasteiger partial charge in [-0.05, 0) is 25.1 Å². The van der Waals surface area contributed by atoms with E-state index < -0.39 is 29.0 Å². The van der Waals surface area contributed by atoms with Gasteiger partial charge in [-0.25, -0.2) is 9.18 Å². The van der Waals surface area contributed by atoms with Crippen LogP contribution in [-0.2, 0) is 18.4 Å². The lowest BCUT2D eigenvalue weighted by atomic mass is 10.1. The van der Waals surface area contributed by atoms with E-state index in [9.17, 15) is 18.8 Å². The van der Waals surface area contributed by atoms with Crippen molar-refractivity contribution in [3.8, 4) is 5.75 Å². The molecule has 24 heavy (non-hydrogen) atoms. The van der Waals surface area contributed by atoms with Crippen LogP contribution in [0.1, 0.15) is 18.5 Å². The van der Waals surface area contributed by atoms with Gasteiger partial charge in [0.15, 0.2) is 0 Å². The fourth-order valence-electron chi connectivity index (χ4n) is 2.30. The Kier molecular flexibility index (Phi) is 5.18. The Balaban J connectivity index is 2.16. The van der Waals surface area contributed by atoms with Crippen LogP contribution in [0.15, 0.2) is 40.1 Å². The first-order valence-corrected chi connectivity index (χ1v) is 7.22. The molecule has 1 amide bonds. The number of carbonyl (C=O) groups is 1. The zero-order chi connectivity index (χ0) is 17.9. The molecule has 0 saturated carbocycles. The minimum Gasteiger partial charge on any atom is -0.496 e. The highest BCUT2D eigenvalue weighted by Gasteiger charge is 2.16. The summed E-state index contributed by atoms with van der Waals surface area (Å²) in [5.74, 6) is -0.445. The van der Waals surface area contributed by atoms with Gasteiger partial charge in [-0.2, -0.15) is 0 Å². The van der Waals surface area contributed by atoms with Crippen molar-refractivity contribution in [2.24, 2.45) is 7.05 Å². The normalized spacial score (nSPS) is 11.8. The number of hydrogen-bond donors (Lipinski definition) is 1. The van der Waals surface area contributed by atoms with Crippen molar-refractivity contribution in [3.63, 3.8) is 0 Å². The summed E-state index contributed by atoms with van der Waals surface area (Å²) in [6, 6.07) is 4.70. The number of halogens is 1. The third-order valence-electron chi connectivity index (χ3n) is 3.61. The largest absolute Gasteiger partial charge is 0.496 e. The average Bonchev–Trinajstić information content (AvgIpc) is 2.55. The molecule has 1 heterocycles. The fourth-order valence-corrected chi connectivity index (χ4v) is 2.30. The van der Waals surface area contributed by atoms with Crippen LogP contribution in [0.25, 0.3) is 0 Å². The molecule has 0 spiro atoms. The second-order valence-electron chi connectivity index (χ2n) is 5.30. The molecular formula is C16H18FN3O4. The van der Waals surface area contributed by atoms with Crippen LogP contribution in [0.2, 0.25) is 0 Å². The van der Waals surface area contributed by atoms with Gasteiger partial charge in [0.05, 0.1) is 13.2 Å². The Morgan fingerprint density at radius 1 is 1.33 bits per heavy atom. The summed E-state index contributed by atoms with van der Waals surface area (Å²) >= 11 is 0. The molecule has 1 aromatic heterocycles. The molecule has 0 aliphatic carbocycles. The number of nitrogens with one attached hydrogen (secondary N) is 1. The molecule has 0 unspecified atom stereocenters. The predicted molar refractivity (Wildman–Crippen MR) is 85.5 cm³/mol. The molecule has 1 aromatic carbocycles. The quantitative estimate of drug-likeness (QED) is 0.866. The zero-order valence-electron chi connectivity index (χ0n) is 13.6. The third-order valence-corrected chi connectivity index (χ3v) is 3.61. The van der Waals surface area contributed by atoms with E-state index in [0.717, 1.165) is 9.13 Å². The minimum atomic E-state index is -0.589. The van der Waals surface area contributed by atoms with Crippen LogP contribution in [0, 0.1) is 5.82 Å². The number of amides is 1. The number of benzene rings is 1. The van der Waals surface area contributed by atoms with E-state index in [0.29, 0.717) is 11.3 Å². The molecule has 0 aliphatic heterocycles. The van der Waals surface area contributed by atoms with E-state index in [1.54, 1.807) is 6.92 Å². The topological polar surface area (TPSA) is 82.3 Å². The number of rotatable bonds is 5. The van der Waals surface area contributed by atoms with Crippen molar-refractivity contribution >= 4 is 5.91 Å². The van der Waals surface area contributed by atoms with Crippen LogP contribution in [0.5, 0.6) is 5.75 Å². The summed E-state index contributed by atoms with van der Waals surface area (Å²) in [6.07, 6.45) is 1.26. The molecule has 0 fully saturated rings. The number of methoxy groups -OCH3 is 1. The Hall–Kier alpha value is -2.90. The highest BCUT2D eigenvalue weighted by molar-refractivity contribution is 5.76. The van der Waals surface area contributed by atoms with E-state index >= 15 is 0 Å². The molecule has 1 atom stereocenters. The van der Waals surface area contributed by atoms with E-state index in [4.69, 9.17) is 4.74 Å². The zero-order valence-corrected chi connectivity index (χ0v) is 13.6. The lowest BCUT2D eigenvalue weighted by Crippen LogP contribution is -2.40. The van der Waals surface area contributed by atoms with Crippen molar-refractivity contribution in [1.82, 2.24) is 14.5 Å². The fraction of sp³-hybridized carbons (Fsp3) is 0.312. The van der Waals surface area contributed by atoms with E-state index in [2.05, 4.69) is 5.32 Å². The first-order chi connectivity index (χ1) is 11.3. The van der Waals surface area contributed by atoms with Crippen LogP contribution in [-0.4, -0.2) is 22.2 Å². The maximum Gasteiger partial charge on any atom is 0.331 e. The molecule has 1 N–H and O–H groups in total. The summed E-state index contributed by atoms with van der Waals surface area (Å²) in [4.78, 5) is 35.4. The Labute approximate surface area is 137 Å². The summed E-state index contributed by atoms with van der Waals surface area (Å²) in [7, 11) is 2.79. The van der Waals surface area contributed by atoms with Crippen molar-refractivity contribution in [2.75, 3.05) is 7.11 Å². The third kappa shape index (κ3) is 3.70. The van der Waals surface area contributed by atoms with E-state index in [1.165, 1.54) is 44.6 Å².